The van der Waals surface area contributed by atoms with E-state index in [4.69, 9.17) is 9.90 Å². The molecule has 7 nitrogen and oxygen atoms in total. The largest absolute Gasteiger partial charge is 0.481 e. The van der Waals surface area contributed by atoms with Crippen molar-refractivity contribution in [2.45, 2.75) is 38.6 Å². The van der Waals surface area contributed by atoms with Crippen LogP contribution in [-0.4, -0.2) is 46.3 Å². The highest BCUT2D eigenvalue weighted by molar-refractivity contribution is 5.85. The highest BCUT2D eigenvalue weighted by Crippen LogP contribution is 2.29. The van der Waals surface area contributed by atoms with Crippen molar-refractivity contribution in [3.05, 3.63) is 53.3 Å². The fourth-order valence-corrected chi connectivity index (χ4v) is 3.66. The molecule has 0 radical (unpaired) electrons. The third-order valence-electron chi connectivity index (χ3n) is 5.15. The number of carboxylic acids is 1. The zero-order chi connectivity index (χ0) is 19.3. The second-order valence-corrected chi connectivity index (χ2v) is 7.35. The lowest BCUT2D eigenvalue weighted by Crippen LogP contribution is -2.63. The molecule has 1 unspecified atom stereocenters. The average Bonchev–Trinajstić information content (AvgIpc) is 3.06. The van der Waals surface area contributed by atoms with Crippen LogP contribution in [0.4, 0.5) is 0 Å². The number of carboxylic acid groups (broad SMARTS) is 1. The van der Waals surface area contributed by atoms with Crippen molar-refractivity contribution in [1.29, 1.82) is 0 Å². The van der Waals surface area contributed by atoms with Gasteiger partial charge in [-0.2, -0.15) is 5.10 Å². The van der Waals surface area contributed by atoms with Crippen LogP contribution < -0.4 is 10.6 Å². The van der Waals surface area contributed by atoms with Crippen molar-refractivity contribution in [2.24, 2.45) is 5.41 Å². The number of aromatic amines is 1. The minimum atomic E-state index is -0.833. The van der Waals surface area contributed by atoms with Gasteiger partial charge in [-0.25, -0.2) is 0 Å². The number of fused-ring (bicyclic) bond motifs is 1. The maximum Gasteiger partial charge on any atom is 0.300 e. The summed E-state index contributed by atoms with van der Waals surface area (Å²) in [5.41, 5.74) is 3.40. The van der Waals surface area contributed by atoms with Crippen LogP contribution in [0.25, 0.3) is 0 Å². The quantitative estimate of drug-likeness (QED) is 0.649. The number of carbonyl (C=O) groups excluding carboxylic acids is 1. The summed E-state index contributed by atoms with van der Waals surface area (Å²) in [4.78, 5) is 21.9. The molecule has 1 aromatic carbocycles. The standard InChI is InChI=1S/C18H22N4O.C2H4O2/c23-17(21-15-6-7-16-14(8-15)10-20-22-16)18(11-19-12-18)9-13-4-2-1-3-5-13;1-2(3)4/h1-5,10,15,19H,6-9,11-12H2,(H,20,22)(H,21,23);1H3,(H,3,4). The molecule has 0 bridgehead atoms. The summed E-state index contributed by atoms with van der Waals surface area (Å²) in [6.07, 6.45) is 5.51. The number of aryl methyl sites for hydroxylation is 1. The number of carbonyl (C=O) groups is 2. The molecular formula is C20H26N4O3. The number of aliphatic carboxylic acids is 1. The van der Waals surface area contributed by atoms with Gasteiger partial charge in [-0.1, -0.05) is 30.3 Å². The Morgan fingerprint density at radius 3 is 2.63 bits per heavy atom. The first-order chi connectivity index (χ1) is 13.0. The van der Waals surface area contributed by atoms with E-state index in [1.807, 2.05) is 24.4 Å². The Bertz CT molecular complexity index is 780. The zero-order valence-corrected chi connectivity index (χ0v) is 15.5. The first-order valence-corrected chi connectivity index (χ1v) is 9.25. The number of amides is 1. The molecule has 1 atom stereocenters. The van der Waals surface area contributed by atoms with E-state index < -0.39 is 5.97 Å². The molecule has 0 spiro atoms. The lowest BCUT2D eigenvalue weighted by molar-refractivity contribution is -0.135. The summed E-state index contributed by atoms with van der Waals surface area (Å²) >= 11 is 0. The molecule has 4 N–H and O–H groups in total. The molecule has 1 fully saturated rings. The van der Waals surface area contributed by atoms with E-state index >= 15 is 0 Å². The molecule has 7 heteroatoms. The van der Waals surface area contributed by atoms with E-state index in [-0.39, 0.29) is 17.4 Å². The van der Waals surface area contributed by atoms with Gasteiger partial charge in [0.1, 0.15) is 0 Å². The van der Waals surface area contributed by atoms with Crippen molar-refractivity contribution in [2.75, 3.05) is 13.1 Å². The molecule has 27 heavy (non-hydrogen) atoms. The van der Waals surface area contributed by atoms with E-state index in [1.165, 1.54) is 16.8 Å². The van der Waals surface area contributed by atoms with Crippen LogP contribution in [0.3, 0.4) is 0 Å². The Balaban J connectivity index is 0.000000481. The number of rotatable bonds is 4. The highest BCUT2D eigenvalue weighted by atomic mass is 16.4. The van der Waals surface area contributed by atoms with Gasteiger partial charge >= 0.3 is 0 Å². The Hall–Kier alpha value is -2.67. The zero-order valence-electron chi connectivity index (χ0n) is 15.5. The van der Waals surface area contributed by atoms with Crippen LogP contribution >= 0.6 is 0 Å². The number of nitrogens with zero attached hydrogens (tertiary/aromatic N) is 1. The van der Waals surface area contributed by atoms with E-state index in [1.54, 1.807) is 0 Å². The van der Waals surface area contributed by atoms with Crippen LogP contribution in [0.2, 0.25) is 0 Å². The minimum Gasteiger partial charge on any atom is -0.481 e. The minimum absolute atomic E-state index is 0.192. The van der Waals surface area contributed by atoms with Gasteiger partial charge in [-0.3, -0.25) is 14.7 Å². The Morgan fingerprint density at radius 2 is 2.00 bits per heavy atom. The summed E-state index contributed by atoms with van der Waals surface area (Å²) in [7, 11) is 0. The first kappa shape index (κ1) is 19.1. The molecule has 2 heterocycles. The molecular weight excluding hydrogens is 344 g/mol. The van der Waals surface area contributed by atoms with Gasteiger partial charge in [0.2, 0.25) is 5.91 Å². The Morgan fingerprint density at radius 1 is 1.30 bits per heavy atom. The molecule has 0 saturated carbocycles. The molecule has 144 valence electrons. The Labute approximate surface area is 158 Å². The van der Waals surface area contributed by atoms with E-state index in [0.717, 1.165) is 45.7 Å². The maximum absolute atomic E-state index is 12.9. The Kier molecular flexibility index (Phi) is 5.91. The van der Waals surface area contributed by atoms with Crippen molar-refractivity contribution < 1.29 is 14.7 Å². The lowest BCUT2D eigenvalue weighted by atomic mass is 9.75. The first-order valence-electron chi connectivity index (χ1n) is 9.25. The maximum atomic E-state index is 12.9. The van der Waals surface area contributed by atoms with Crippen LogP contribution in [0.5, 0.6) is 0 Å². The van der Waals surface area contributed by atoms with E-state index in [9.17, 15) is 4.79 Å². The topological polar surface area (TPSA) is 107 Å². The SMILES string of the molecule is CC(=O)O.O=C(NC1CCc2[nH]ncc2C1)C1(Cc2ccccc2)CNC1. The molecule has 1 saturated heterocycles. The van der Waals surface area contributed by atoms with E-state index in [0.29, 0.717) is 0 Å². The predicted octanol–water partition coefficient (Wildman–Crippen LogP) is 1.31. The fourth-order valence-electron chi connectivity index (χ4n) is 3.66. The van der Waals surface area contributed by atoms with Gasteiger partial charge in [0.15, 0.2) is 0 Å². The van der Waals surface area contributed by atoms with Gasteiger partial charge in [0.05, 0.1) is 11.6 Å². The van der Waals surface area contributed by atoms with Crippen molar-refractivity contribution in [1.82, 2.24) is 20.8 Å². The fraction of sp³-hybridized carbons (Fsp3) is 0.450. The number of nitrogens with one attached hydrogen (secondary N) is 3. The van der Waals surface area contributed by atoms with Crippen LogP contribution in [-0.2, 0) is 28.9 Å². The van der Waals surface area contributed by atoms with Gasteiger partial charge in [-0.15, -0.1) is 0 Å². The van der Waals surface area contributed by atoms with Crippen LogP contribution in [0.1, 0.15) is 30.2 Å². The summed E-state index contributed by atoms with van der Waals surface area (Å²) in [6, 6.07) is 10.5. The van der Waals surface area contributed by atoms with Crippen molar-refractivity contribution >= 4 is 11.9 Å². The second-order valence-electron chi connectivity index (χ2n) is 7.35. The molecule has 1 aliphatic heterocycles. The number of hydrogen-bond acceptors (Lipinski definition) is 4. The third-order valence-corrected chi connectivity index (χ3v) is 5.15. The molecule has 1 aliphatic carbocycles. The van der Waals surface area contributed by atoms with Crippen LogP contribution in [0, 0.1) is 5.41 Å². The summed E-state index contributed by atoms with van der Waals surface area (Å²) in [6.45, 7) is 2.61. The van der Waals surface area contributed by atoms with Gasteiger partial charge in [0.25, 0.3) is 5.97 Å². The predicted molar refractivity (Wildman–Crippen MR) is 101 cm³/mol. The molecule has 4 rings (SSSR count). The lowest BCUT2D eigenvalue weighted by Gasteiger charge is -2.42. The second kappa shape index (κ2) is 8.35. The summed E-state index contributed by atoms with van der Waals surface area (Å²) in [5, 5.41) is 21.1. The average molecular weight is 370 g/mol. The summed E-state index contributed by atoms with van der Waals surface area (Å²) in [5.74, 6) is -0.642. The van der Waals surface area contributed by atoms with Gasteiger partial charge < -0.3 is 15.7 Å². The van der Waals surface area contributed by atoms with Crippen LogP contribution in [0.15, 0.2) is 36.5 Å². The van der Waals surface area contributed by atoms with Gasteiger partial charge in [-0.05, 0) is 36.8 Å². The number of aromatic nitrogens is 2. The smallest absolute Gasteiger partial charge is 0.300 e. The van der Waals surface area contributed by atoms with Gasteiger partial charge in [0, 0.05) is 31.7 Å². The molecule has 2 aliphatic rings. The van der Waals surface area contributed by atoms with Crippen molar-refractivity contribution in [3.8, 4) is 0 Å². The molecule has 1 amide bonds. The highest BCUT2D eigenvalue weighted by Gasteiger charge is 2.44. The monoisotopic (exact) mass is 370 g/mol. The third kappa shape index (κ3) is 4.74. The molecule has 1 aromatic heterocycles. The van der Waals surface area contributed by atoms with E-state index in [2.05, 4.69) is 33.0 Å². The van der Waals surface area contributed by atoms with Crippen molar-refractivity contribution in [3.63, 3.8) is 0 Å². The normalized spacial score (nSPS) is 19.7. The number of benzene rings is 1. The number of hydrogen-bond donors (Lipinski definition) is 4. The summed E-state index contributed by atoms with van der Waals surface area (Å²) < 4.78 is 0. The molecule has 2 aromatic rings. The number of H-pyrrole nitrogens is 1.